The van der Waals surface area contributed by atoms with E-state index in [9.17, 15) is 26.3 Å². The molecule has 8 heteroatoms. The molecule has 3 rings (SSSR count). The maximum absolute atomic E-state index is 13.1. The second-order valence-corrected chi connectivity index (χ2v) is 5.46. The zero-order valence-corrected chi connectivity index (χ0v) is 12.7. The minimum Gasteiger partial charge on any atom is -0.456 e. The third-order valence-electron chi connectivity index (χ3n) is 3.71. The highest BCUT2D eigenvalue weighted by Gasteiger charge is 2.42. The van der Waals surface area contributed by atoms with Gasteiger partial charge in [-0.05, 0) is 42.8 Å². The summed E-state index contributed by atoms with van der Waals surface area (Å²) in [5, 5.41) is 0.649. The highest BCUT2D eigenvalue weighted by atomic mass is 19.4. The molecule has 0 aliphatic rings. The van der Waals surface area contributed by atoms with Gasteiger partial charge >= 0.3 is 12.4 Å². The number of alkyl halides is 6. The van der Waals surface area contributed by atoms with Crippen LogP contribution in [0.2, 0.25) is 0 Å². The quantitative estimate of drug-likeness (QED) is 0.533. The van der Waals surface area contributed by atoms with Crippen LogP contribution in [0.1, 0.15) is 16.7 Å². The molecule has 3 aromatic rings. The highest BCUT2D eigenvalue weighted by molar-refractivity contribution is 5.84. The molecule has 1 heterocycles. The van der Waals surface area contributed by atoms with E-state index in [1.807, 2.05) is 0 Å². The van der Waals surface area contributed by atoms with Crippen LogP contribution in [0, 0.1) is 6.92 Å². The molecule has 132 valence electrons. The van der Waals surface area contributed by atoms with Gasteiger partial charge in [-0.2, -0.15) is 26.3 Å². The van der Waals surface area contributed by atoms with Gasteiger partial charge in [-0.15, -0.1) is 0 Å². The fourth-order valence-corrected chi connectivity index (χ4v) is 2.51. The number of halogens is 6. The number of hydrogen-bond donors (Lipinski definition) is 1. The van der Waals surface area contributed by atoms with Gasteiger partial charge in [0.2, 0.25) is 0 Å². The fourth-order valence-electron chi connectivity index (χ4n) is 2.51. The van der Waals surface area contributed by atoms with Gasteiger partial charge < -0.3 is 9.72 Å². The lowest BCUT2D eigenvalue weighted by Gasteiger charge is -2.19. The number of aryl methyl sites for hydroxylation is 1. The molecular weight excluding hydrogens is 348 g/mol. The van der Waals surface area contributed by atoms with Crippen LogP contribution in [-0.4, -0.2) is 4.98 Å². The average Bonchev–Trinajstić information content (AvgIpc) is 2.86. The number of fused-ring (bicyclic) bond motifs is 1. The monoisotopic (exact) mass is 359 g/mol. The Kier molecular flexibility index (Phi) is 3.93. The number of para-hydroxylation sites is 1. The Morgan fingerprint density at radius 1 is 0.880 bits per heavy atom. The molecule has 2 aromatic carbocycles. The van der Waals surface area contributed by atoms with Crippen LogP contribution in [-0.2, 0) is 12.4 Å². The largest absolute Gasteiger partial charge is 0.456 e. The smallest absolute Gasteiger partial charge is 0.420 e. The lowest BCUT2D eigenvalue weighted by atomic mass is 10.1. The predicted molar refractivity (Wildman–Crippen MR) is 79.6 cm³/mol. The Labute approximate surface area is 138 Å². The van der Waals surface area contributed by atoms with Crippen molar-refractivity contribution in [1.82, 2.24) is 4.98 Å². The van der Waals surface area contributed by atoms with Crippen molar-refractivity contribution in [1.29, 1.82) is 0 Å². The normalized spacial score (nSPS) is 12.6. The molecule has 0 spiro atoms. The lowest BCUT2D eigenvalue weighted by Crippen LogP contribution is -2.13. The van der Waals surface area contributed by atoms with E-state index in [0.29, 0.717) is 29.1 Å². The minimum absolute atomic E-state index is 0.114. The number of rotatable bonds is 2. The second-order valence-electron chi connectivity index (χ2n) is 5.46. The summed E-state index contributed by atoms with van der Waals surface area (Å²) in [5.41, 5.74) is -1.47. The van der Waals surface area contributed by atoms with E-state index in [1.165, 1.54) is 18.2 Å². The number of hydrogen-bond acceptors (Lipinski definition) is 1. The van der Waals surface area contributed by atoms with Crippen molar-refractivity contribution in [3.63, 3.8) is 0 Å². The van der Waals surface area contributed by atoms with Crippen molar-refractivity contribution < 1.29 is 31.1 Å². The third-order valence-corrected chi connectivity index (χ3v) is 3.71. The first-order valence-electron chi connectivity index (χ1n) is 7.10. The lowest BCUT2D eigenvalue weighted by molar-refractivity contribution is -0.144. The van der Waals surface area contributed by atoms with Gasteiger partial charge in [-0.1, -0.05) is 6.07 Å². The number of aromatic amines is 1. The molecule has 0 amide bonds. The van der Waals surface area contributed by atoms with Crippen molar-refractivity contribution >= 4 is 10.9 Å². The Morgan fingerprint density at radius 2 is 1.48 bits per heavy atom. The van der Waals surface area contributed by atoms with Crippen molar-refractivity contribution in [2.75, 3.05) is 0 Å². The molecule has 1 aromatic heterocycles. The van der Waals surface area contributed by atoms with Crippen LogP contribution < -0.4 is 4.74 Å². The molecule has 0 bridgehead atoms. The topological polar surface area (TPSA) is 25.0 Å². The molecule has 2 nitrogen and oxygen atoms in total. The van der Waals surface area contributed by atoms with Crippen LogP contribution in [0.15, 0.2) is 42.6 Å². The summed E-state index contributed by atoms with van der Waals surface area (Å²) >= 11 is 0. The van der Waals surface area contributed by atoms with E-state index in [4.69, 9.17) is 4.74 Å². The summed E-state index contributed by atoms with van der Waals surface area (Å²) in [6.07, 6.45) is -8.28. The average molecular weight is 359 g/mol. The zero-order chi connectivity index (χ0) is 18.4. The summed E-state index contributed by atoms with van der Waals surface area (Å²) < 4.78 is 83.9. The van der Waals surface area contributed by atoms with Gasteiger partial charge in [0, 0.05) is 17.1 Å². The second kappa shape index (κ2) is 5.72. The summed E-state index contributed by atoms with van der Waals surface area (Å²) in [6, 6.07) is 6.06. The van der Waals surface area contributed by atoms with Gasteiger partial charge in [0.15, 0.2) is 5.75 Å². The van der Waals surface area contributed by atoms with Crippen molar-refractivity contribution in [3.05, 3.63) is 59.3 Å². The van der Waals surface area contributed by atoms with E-state index in [-0.39, 0.29) is 5.75 Å². The van der Waals surface area contributed by atoms with E-state index in [1.54, 1.807) is 13.1 Å². The standard InChI is InChI=1S/C17H11F6NO/c1-9-8-24-14-6-5-10(7-11(9)14)25-15-12(16(18,19)20)3-2-4-13(15)17(21,22)23/h2-8,24H,1H3. The van der Waals surface area contributed by atoms with E-state index in [2.05, 4.69) is 4.98 Å². The van der Waals surface area contributed by atoms with E-state index < -0.39 is 29.2 Å². The van der Waals surface area contributed by atoms with Gasteiger partial charge in [-0.25, -0.2) is 0 Å². The van der Waals surface area contributed by atoms with Gasteiger partial charge in [0.25, 0.3) is 0 Å². The summed E-state index contributed by atoms with van der Waals surface area (Å²) in [4.78, 5) is 2.93. The first-order chi connectivity index (χ1) is 11.6. The molecule has 0 aliphatic carbocycles. The highest BCUT2D eigenvalue weighted by Crippen LogP contribution is 2.45. The van der Waals surface area contributed by atoms with Crippen molar-refractivity contribution in [2.45, 2.75) is 19.3 Å². The van der Waals surface area contributed by atoms with E-state index in [0.717, 1.165) is 5.56 Å². The maximum atomic E-state index is 13.1. The number of nitrogens with one attached hydrogen (secondary N) is 1. The third kappa shape index (κ3) is 3.29. The van der Waals surface area contributed by atoms with Crippen LogP contribution >= 0.6 is 0 Å². The van der Waals surface area contributed by atoms with Crippen LogP contribution in [0.25, 0.3) is 10.9 Å². The minimum atomic E-state index is -4.98. The SMILES string of the molecule is Cc1c[nH]c2ccc(Oc3c(C(F)(F)F)cccc3C(F)(F)F)cc12. The number of H-pyrrole nitrogens is 1. The summed E-state index contributed by atoms with van der Waals surface area (Å²) in [5.74, 6) is -1.37. The molecular formula is C17H11F6NO. The van der Waals surface area contributed by atoms with Crippen LogP contribution in [0.3, 0.4) is 0 Å². The Morgan fingerprint density at radius 3 is 2.04 bits per heavy atom. The van der Waals surface area contributed by atoms with E-state index >= 15 is 0 Å². The molecule has 0 fully saturated rings. The first-order valence-corrected chi connectivity index (χ1v) is 7.10. The number of aromatic nitrogens is 1. The van der Waals surface area contributed by atoms with Gasteiger partial charge in [0.05, 0.1) is 11.1 Å². The summed E-state index contributed by atoms with van der Waals surface area (Å²) in [6.45, 7) is 1.76. The number of ether oxygens (including phenoxy) is 1. The van der Waals surface area contributed by atoms with Crippen LogP contribution in [0.5, 0.6) is 11.5 Å². The molecule has 0 atom stereocenters. The fraction of sp³-hybridized carbons (Fsp3) is 0.176. The Hall–Kier alpha value is -2.64. The Balaban J connectivity index is 2.15. The molecule has 1 N–H and O–H groups in total. The Bertz CT molecular complexity index is 891. The molecule has 0 radical (unpaired) electrons. The first kappa shape index (κ1) is 17.2. The number of benzene rings is 2. The predicted octanol–water partition coefficient (Wildman–Crippen LogP) is 6.31. The van der Waals surface area contributed by atoms with Gasteiger partial charge in [-0.3, -0.25) is 0 Å². The molecule has 0 unspecified atom stereocenters. The van der Waals surface area contributed by atoms with Crippen molar-refractivity contribution in [3.8, 4) is 11.5 Å². The molecule has 25 heavy (non-hydrogen) atoms. The van der Waals surface area contributed by atoms with Gasteiger partial charge in [0.1, 0.15) is 5.75 Å². The summed E-state index contributed by atoms with van der Waals surface area (Å²) in [7, 11) is 0. The zero-order valence-electron chi connectivity index (χ0n) is 12.7. The molecule has 0 aliphatic heterocycles. The van der Waals surface area contributed by atoms with Crippen LogP contribution in [0.4, 0.5) is 26.3 Å². The maximum Gasteiger partial charge on any atom is 0.420 e. The molecule has 0 saturated heterocycles. The van der Waals surface area contributed by atoms with Crippen molar-refractivity contribution in [2.24, 2.45) is 0 Å². The molecule has 0 saturated carbocycles.